The Morgan fingerprint density at radius 2 is 1.73 bits per heavy atom. The average molecular weight is 404 g/mol. The summed E-state index contributed by atoms with van der Waals surface area (Å²) in [5.41, 5.74) is 0.620. The molecule has 0 bridgehead atoms. The summed E-state index contributed by atoms with van der Waals surface area (Å²) in [4.78, 5) is 17.0. The molecule has 0 radical (unpaired) electrons. The third kappa shape index (κ3) is 4.62. The molecule has 1 aliphatic heterocycles. The zero-order valence-electron chi connectivity index (χ0n) is 18.0. The van der Waals surface area contributed by atoms with Gasteiger partial charge in [0.15, 0.2) is 0 Å². The number of rotatable bonds is 4. The molecular formula is C25H29N3O2. The van der Waals surface area contributed by atoms with E-state index in [0.717, 1.165) is 29.4 Å². The fraction of sp³-hybridized carbons (Fsp3) is 0.360. The minimum atomic E-state index is -0.0451. The number of nitrogens with one attached hydrogen (secondary N) is 2. The molecule has 0 aliphatic carbocycles. The molecule has 156 valence electrons. The lowest BCUT2D eigenvalue weighted by atomic mass is 9.79. The smallest absolute Gasteiger partial charge is 0.251 e. The van der Waals surface area contributed by atoms with Gasteiger partial charge in [0.2, 0.25) is 0 Å². The van der Waals surface area contributed by atoms with E-state index in [4.69, 9.17) is 4.74 Å². The lowest BCUT2D eigenvalue weighted by Gasteiger charge is -2.46. The van der Waals surface area contributed by atoms with E-state index in [1.165, 1.54) is 0 Å². The van der Waals surface area contributed by atoms with Crippen molar-refractivity contribution in [3.05, 3.63) is 66.5 Å². The maximum absolute atomic E-state index is 12.8. The molecule has 3 aromatic rings. The number of carbonyl (C=O) groups excluding carboxylic acids is 1. The highest BCUT2D eigenvalue weighted by Crippen LogP contribution is 2.30. The Bertz CT molecular complexity index is 1040. The third-order valence-electron chi connectivity index (χ3n) is 5.51. The number of piperidine rings is 1. The molecule has 0 saturated carbocycles. The van der Waals surface area contributed by atoms with Crippen LogP contribution in [-0.4, -0.2) is 28.0 Å². The van der Waals surface area contributed by atoms with Gasteiger partial charge in [0.05, 0.1) is 0 Å². The Hall–Kier alpha value is -2.92. The number of pyridine rings is 1. The summed E-state index contributed by atoms with van der Waals surface area (Å²) in [5, 5.41) is 8.89. The summed E-state index contributed by atoms with van der Waals surface area (Å²) in [6, 6.07) is 15.3. The van der Waals surface area contributed by atoms with Crippen LogP contribution in [0.4, 0.5) is 0 Å². The van der Waals surface area contributed by atoms with Gasteiger partial charge in [-0.2, -0.15) is 0 Å². The van der Waals surface area contributed by atoms with Crippen molar-refractivity contribution in [1.82, 2.24) is 15.6 Å². The minimum Gasteiger partial charge on any atom is -0.457 e. The average Bonchev–Trinajstić information content (AvgIpc) is 2.66. The molecule has 1 fully saturated rings. The first-order valence-electron chi connectivity index (χ1n) is 10.4. The number of aromatic nitrogens is 1. The van der Waals surface area contributed by atoms with Crippen LogP contribution in [0.25, 0.3) is 10.8 Å². The van der Waals surface area contributed by atoms with Crippen molar-refractivity contribution >= 4 is 16.7 Å². The van der Waals surface area contributed by atoms with Crippen LogP contribution in [0.5, 0.6) is 11.5 Å². The minimum absolute atomic E-state index is 0.00856. The van der Waals surface area contributed by atoms with Crippen LogP contribution >= 0.6 is 0 Å². The van der Waals surface area contributed by atoms with Crippen LogP contribution in [0.15, 0.2) is 60.9 Å². The van der Waals surface area contributed by atoms with Crippen LogP contribution in [0, 0.1) is 0 Å². The van der Waals surface area contributed by atoms with Crippen molar-refractivity contribution in [3.8, 4) is 11.5 Å². The van der Waals surface area contributed by atoms with E-state index >= 15 is 0 Å². The van der Waals surface area contributed by atoms with Crippen LogP contribution < -0.4 is 15.4 Å². The van der Waals surface area contributed by atoms with E-state index in [2.05, 4.69) is 43.3 Å². The van der Waals surface area contributed by atoms with Crippen LogP contribution in [-0.2, 0) is 0 Å². The number of benzene rings is 2. The van der Waals surface area contributed by atoms with Crippen molar-refractivity contribution in [1.29, 1.82) is 0 Å². The Morgan fingerprint density at radius 1 is 1.03 bits per heavy atom. The lowest BCUT2D eigenvalue weighted by molar-refractivity contribution is 0.0873. The Labute approximate surface area is 177 Å². The summed E-state index contributed by atoms with van der Waals surface area (Å²) >= 11 is 0. The molecule has 30 heavy (non-hydrogen) atoms. The van der Waals surface area contributed by atoms with Crippen LogP contribution in [0.1, 0.15) is 50.9 Å². The van der Waals surface area contributed by atoms with Gasteiger partial charge in [-0.05, 0) is 76.9 Å². The first-order valence-corrected chi connectivity index (χ1v) is 10.4. The topological polar surface area (TPSA) is 63.2 Å². The zero-order chi connectivity index (χ0) is 21.4. The van der Waals surface area contributed by atoms with E-state index in [1.807, 2.05) is 54.7 Å². The number of nitrogens with zero attached hydrogens (tertiary/aromatic N) is 1. The maximum atomic E-state index is 12.8. The van der Waals surface area contributed by atoms with E-state index in [1.54, 1.807) is 6.20 Å². The van der Waals surface area contributed by atoms with E-state index in [9.17, 15) is 4.79 Å². The fourth-order valence-corrected chi connectivity index (χ4v) is 4.68. The standard InChI is InChI=1S/C25H29N3O2/c1-24(2)14-19(15-25(3,4)28-24)27-23(29)17-8-10-20(11-9-17)30-22-7-5-6-18-16-26-13-12-21(18)22/h5-13,16,19,28H,14-15H2,1-4H3,(H,27,29). The SMILES string of the molecule is CC1(C)CC(NC(=O)c2ccc(Oc3cccc4cnccc34)cc2)CC(C)(C)N1. The van der Waals surface area contributed by atoms with Gasteiger partial charge in [-0.1, -0.05) is 12.1 Å². The maximum Gasteiger partial charge on any atom is 0.251 e. The van der Waals surface area contributed by atoms with Crippen LogP contribution in [0.3, 0.4) is 0 Å². The molecule has 4 rings (SSSR count). The zero-order valence-corrected chi connectivity index (χ0v) is 18.0. The number of carbonyl (C=O) groups is 1. The second-order valence-electron chi connectivity index (χ2n) is 9.45. The molecule has 1 amide bonds. The van der Waals surface area contributed by atoms with Crippen molar-refractivity contribution in [2.75, 3.05) is 0 Å². The van der Waals surface area contributed by atoms with E-state index < -0.39 is 0 Å². The molecular weight excluding hydrogens is 374 g/mol. The molecule has 0 unspecified atom stereocenters. The number of fused-ring (bicyclic) bond motifs is 1. The van der Waals surface area contributed by atoms with Crippen molar-refractivity contribution in [2.24, 2.45) is 0 Å². The van der Waals surface area contributed by atoms with Gasteiger partial charge in [-0.3, -0.25) is 9.78 Å². The summed E-state index contributed by atoms with van der Waals surface area (Å²) in [6.07, 6.45) is 5.38. The second kappa shape index (κ2) is 7.73. The Kier molecular flexibility index (Phi) is 5.24. The lowest BCUT2D eigenvalue weighted by Crippen LogP contribution is -2.62. The number of ether oxygens (including phenoxy) is 1. The normalized spacial score (nSPS) is 18.1. The molecule has 0 spiro atoms. The van der Waals surface area contributed by atoms with Gasteiger partial charge >= 0.3 is 0 Å². The molecule has 0 atom stereocenters. The number of amides is 1. The van der Waals surface area contributed by atoms with Gasteiger partial charge in [0, 0.05) is 45.8 Å². The highest BCUT2D eigenvalue weighted by Gasteiger charge is 2.38. The predicted molar refractivity (Wildman–Crippen MR) is 120 cm³/mol. The molecule has 2 N–H and O–H groups in total. The van der Waals surface area contributed by atoms with Crippen molar-refractivity contribution in [3.63, 3.8) is 0 Å². The molecule has 1 aromatic heterocycles. The first-order chi connectivity index (χ1) is 14.2. The third-order valence-corrected chi connectivity index (χ3v) is 5.51. The van der Waals surface area contributed by atoms with Gasteiger partial charge in [-0.25, -0.2) is 0 Å². The number of hydrogen-bond donors (Lipinski definition) is 2. The second-order valence-corrected chi connectivity index (χ2v) is 9.45. The Morgan fingerprint density at radius 3 is 2.43 bits per heavy atom. The molecule has 5 nitrogen and oxygen atoms in total. The molecule has 5 heteroatoms. The molecule has 2 heterocycles. The summed E-state index contributed by atoms with van der Waals surface area (Å²) < 4.78 is 6.06. The molecule has 2 aromatic carbocycles. The molecule has 1 saturated heterocycles. The van der Waals surface area contributed by atoms with Crippen molar-refractivity contribution in [2.45, 2.75) is 57.7 Å². The summed E-state index contributed by atoms with van der Waals surface area (Å²) in [6.45, 7) is 8.73. The van der Waals surface area contributed by atoms with Gasteiger partial charge in [0.1, 0.15) is 11.5 Å². The highest BCUT2D eigenvalue weighted by atomic mass is 16.5. The fourth-order valence-electron chi connectivity index (χ4n) is 4.68. The first kappa shape index (κ1) is 20.4. The van der Waals surface area contributed by atoms with Gasteiger partial charge in [-0.15, -0.1) is 0 Å². The van der Waals surface area contributed by atoms with Gasteiger partial charge in [0.25, 0.3) is 5.91 Å². The largest absolute Gasteiger partial charge is 0.457 e. The molecule has 1 aliphatic rings. The predicted octanol–water partition coefficient (Wildman–Crippen LogP) is 5.07. The number of hydrogen-bond acceptors (Lipinski definition) is 4. The summed E-state index contributed by atoms with van der Waals surface area (Å²) in [5.74, 6) is 1.42. The monoisotopic (exact) mass is 403 g/mol. The summed E-state index contributed by atoms with van der Waals surface area (Å²) in [7, 11) is 0. The van der Waals surface area contributed by atoms with Crippen molar-refractivity contribution < 1.29 is 9.53 Å². The highest BCUT2D eigenvalue weighted by molar-refractivity contribution is 5.94. The van der Waals surface area contributed by atoms with E-state index in [0.29, 0.717) is 11.3 Å². The van der Waals surface area contributed by atoms with E-state index in [-0.39, 0.29) is 23.0 Å². The Balaban J connectivity index is 1.45. The van der Waals surface area contributed by atoms with Crippen LogP contribution in [0.2, 0.25) is 0 Å². The van der Waals surface area contributed by atoms with Gasteiger partial charge < -0.3 is 15.4 Å². The quantitative estimate of drug-likeness (QED) is 0.639.